The van der Waals surface area contributed by atoms with E-state index in [0.29, 0.717) is 15.1 Å². The topological polar surface area (TPSA) is 0 Å². The first-order valence-electron chi connectivity index (χ1n) is 3.39. The molecule has 0 aliphatic rings. The van der Waals surface area contributed by atoms with Crippen molar-refractivity contribution < 1.29 is 0 Å². The molecule has 0 aromatic heterocycles. The molecule has 0 bridgehead atoms. The number of rotatable bonds is 2. The van der Waals surface area contributed by atoms with Crippen molar-refractivity contribution in [3.05, 3.63) is 45.4 Å². The number of hydrogen-bond donors (Lipinski definition) is 0. The minimum Gasteiger partial charge on any atom is -0.103 e. The van der Waals surface area contributed by atoms with E-state index >= 15 is 0 Å². The van der Waals surface area contributed by atoms with Gasteiger partial charge in [0.05, 0.1) is 15.1 Å². The molecule has 0 fully saturated rings. The molecule has 3 heteroatoms. The van der Waals surface area contributed by atoms with Gasteiger partial charge in [0.1, 0.15) is 0 Å². The lowest BCUT2D eigenvalue weighted by atomic mass is 10.1. The molecule has 64 valence electrons. The van der Waals surface area contributed by atoms with Crippen LogP contribution in [0.4, 0.5) is 0 Å². The van der Waals surface area contributed by atoms with Gasteiger partial charge in [0.2, 0.25) is 0 Å². The second kappa shape index (κ2) is 4.18. The Hall–Kier alpha value is -0.170. The monoisotopic (exact) mass is 220 g/mol. The second-order valence-electron chi connectivity index (χ2n) is 2.37. The SMILES string of the molecule is C=CCc1cc(Cl)c(Cl)c(Cl)c1. The van der Waals surface area contributed by atoms with Gasteiger partial charge in [-0.1, -0.05) is 40.9 Å². The number of benzene rings is 1. The summed E-state index contributed by atoms with van der Waals surface area (Å²) in [7, 11) is 0. The van der Waals surface area contributed by atoms with Crippen LogP contribution in [0.3, 0.4) is 0 Å². The van der Waals surface area contributed by atoms with Crippen molar-refractivity contribution in [1.82, 2.24) is 0 Å². The largest absolute Gasteiger partial charge is 0.103 e. The normalized spacial score (nSPS) is 9.92. The summed E-state index contributed by atoms with van der Waals surface area (Å²) in [6.07, 6.45) is 2.53. The molecule has 0 amide bonds. The van der Waals surface area contributed by atoms with Crippen molar-refractivity contribution in [3.8, 4) is 0 Å². The molecule has 0 saturated heterocycles. The first-order valence-corrected chi connectivity index (χ1v) is 4.53. The molecule has 0 aliphatic heterocycles. The summed E-state index contributed by atoms with van der Waals surface area (Å²) in [6.45, 7) is 3.62. The third-order valence-corrected chi connectivity index (χ3v) is 2.62. The van der Waals surface area contributed by atoms with Crippen LogP contribution >= 0.6 is 34.8 Å². The van der Waals surface area contributed by atoms with E-state index in [1.54, 1.807) is 18.2 Å². The third kappa shape index (κ3) is 2.16. The maximum atomic E-state index is 5.80. The van der Waals surface area contributed by atoms with E-state index in [4.69, 9.17) is 34.8 Å². The third-order valence-electron chi connectivity index (χ3n) is 1.42. The van der Waals surface area contributed by atoms with Crippen molar-refractivity contribution in [2.24, 2.45) is 0 Å². The van der Waals surface area contributed by atoms with E-state index in [2.05, 4.69) is 6.58 Å². The first-order chi connectivity index (χ1) is 5.65. The summed E-state index contributed by atoms with van der Waals surface area (Å²) in [5, 5.41) is 1.38. The second-order valence-corrected chi connectivity index (χ2v) is 3.56. The Morgan fingerprint density at radius 3 is 2.08 bits per heavy atom. The van der Waals surface area contributed by atoms with E-state index in [0.717, 1.165) is 12.0 Å². The summed E-state index contributed by atoms with van der Waals surface area (Å²) in [4.78, 5) is 0. The van der Waals surface area contributed by atoms with Gasteiger partial charge < -0.3 is 0 Å². The predicted octanol–water partition coefficient (Wildman–Crippen LogP) is 4.38. The fourth-order valence-corrected chi connectivity index (χ4v) is 1.53. The molecule has 0 unspecified atom stereocenters. The van der Waals surface area contributed by atoms with Crippen molar-refractivity contribution in [2.75, 3.05) is 0 Å². The highest BCUT2D eigenvalue weighted by Crippen LogP contribution is 2.31. The van der Waals surface area contributed by atoms with Crippen molar-refractivity contribution in [3.63, 3.8) is 0 Å². The van der Waals surface area contributed by atoms with Crippen LogP contribution in [-0.2, 0) is 6.42 Å². The molecule has 0 spiro atoms. The first kappa shape index (κ1) is 9.91. The zero-order valence-corrected chi connectivity index (χ0v) is 8.55. The Morgan fingerprint density at radius 2 is 1.67 bits per heavy atom. The molecule has 1 aromatic rings. The summed E-state index contributed by atoms with van der Waals surface area (Å²) in [5.74, 6) is 0. The van der Waals surface area contributed by atoms with Crippen LogP contribution in [0.25, 0.3) is 0 Å². The standard InChI is InChI=1S/C9H7Cl3/c1-2-3-6-4-7(10)9(12)8(11)5-6/h2,4-5H,1,3H2. The highest BCUT2D eigenvalue weighted by molar-refractivity contribution is 6.48. The maximum absolute atomic E-state index is 5.80. The van der Waals surface area contributed by atoms with Crippen LogP contribution in [0, 0.1) is 0 Å². The number of halogens is 3. The van der Waals surface area contributed by atoms with Crippen molar-refractivity contribution in [2.45, 2.75) is 6.42 Å². The predicted molar refractivity (Wildman–Crippen MR) is 55.4 cm³/mol. The van der Waals surface area contributed by atoms with E-state index in [1.807, 2.05) is 0 Å². The minimum absolute atomic E-state index is 0.408. The van der Waals surface area contributed by atoms with E-state index < -0.39 is 0 Å². The van der Waals surface area contributed by atoms with Crippen molar-refractivity contribution >= 4 is 34.8 Å². The van der Waals surface area contributed by atoms with Gasteiger partial charge in [-0.2, -0.15) is 0 Å². The molecule has 0 atom stereocenters. The summed E-state index contributed by atoms with van der Waals surface area (Å²) >= 11 is 17.4. The van der Waals surface area contributed by atoms with Crippen LogP contribution in [0.15, 0.2) is 24.8 Å². The smallest absolute Gasteiger partial charge is 0.0778 e. The van der Waals surface area contributed by atoms with Gasteiger partial charge in [0.15, 0.2) is 0 Å². The van der Waals surface area contributed by atoms with E-state index in [9.17, 15) is 0 Å². The summed E-state index contributed by atoms with van der Waals surface area (Å²) in [5.41, 5.74) is 1.02. The van der Waals surface area contributed by atoms with Crippen LogP contribution in [0.1, 0.15) is 5.56 Å². The number of hydrogen-bond acceptors (Lipinski definition) is 0. The van der Waals surface area contributed by atoms with Crippen LogP contribution in [0.2, 0.25) is 15.1 Å². The lowest BCUT2D eigenvalue weighted by Crippen LogP contribution is -1.82. The van der Waals surface area contributed by atoms with Gasteiger partial charge in [0.25, 0.3) is 0 Å². The molecule has 0 N–H and O–H groups in total. The molecule has 1 rings (SSSR count). The fraction of sp³-hybridized carbons (Fsp3) is 0.111. The molecule has 0 heterocycles. The Balaban J connectivity index is 3.11. The fourth-order valence-electron chi connectivity index (χ4n) is 0.893. The average molecular weight is 222 g/mol. The highest BCUT2D eigenvalue weighted by atomic mass is 35.5. The lowest BCUT2D eigenvalue weighted by Gasteiger charge is -2.02. The van der Waals surface area contributed by atoms with Gasteiger partial charge in [0, 0.05) is 0 Å². The van der Waals surface area contributed by atoms with Gasteiger partial charge in [-0.05, 0) is 24.1 Å². The maximum Gasteiger partial charge on any atom is 0.0778 e. The molecule has 0 aliphatic carbocycles. The Morgan fingerprint density at radius 1 is 1.17 bits per heavy atom. The van der Waals surface area contributed by atoms with Gasteiger partial charge in [-0.15, -0.1) is 6.58 Å². The quantitative estimate of drug-likeness (QED) is 0.514. The summed E-state index contributed by atoms with van der Waals surface area (Å²) < 4.78 is 0. The zero-order valence-electron chi connectivity index (χ0n) is 6.28. The average Bonchev–Trinajstić information content (AvgIpc) is 2.01. The van der Waals surface area contributed by atoms with Gasteiger partial charge in [-0.3, -0.25) is 0 Å². The van der Waals surface area contributed by atoms with Gasteiger partial charge >= 0.3 is 0 Å². The Bertz CT molecular complexity index is 282. The number of allylic oxidation sites excluding steroid dienone is 1. The molecule has 12 heavy (non-hydrogen) atoms. The van der Waals surface area contributed by atoms with E-state index in [1.165, 1.54) is 0 Å². The minimum atomic E-state index is 0.408. The molecule has 0 nitrogen and oxygen atoms in total. The molecule has 0 saturated carbocycles. The van der Waals surface area contributed by atoms with Crippen molar-refractivity contribution in [1.29, 1.82) is 0 Å². The Labute approximate surface area is 86.7 Å². The molecule has 1 aromatic carbocycles. The zero-order chi connectivity index (χ0) is 9.14. The Kier molecular flexibility index (Phi) is 3.45. The highest BCUT2D eigenvalue weighted by Gasteiger charge is 2.04. The molecule has 0 radical (unpaired) electrons. The molecular weight excluding hydrogens is 214 g/mol. The van der Waals surface area contributed by atoms with Crippen LogP contribution in [0.5, 0.6) is 0 Å². The van der Waals surface area contributed by atoms with Gasteiger partial charge in [-0.25, -0.2) is 0 Å². The van der Waals surface area contributed by atoms with Crippen LogP contribution in [-0.4, -0.2) is 0 Å². The lowest BCUT2D eigenvalue weighted by molar-refractivity contribution is 1.28. The summed E-state index contributed by atoms with van der Waals surface area (Å²) in [6, 6.07) is 3.58. The van der Waals surface area contributed by atoms with Crippen LogP contribution < -0.4 is 0 Å². The van der Waals surface area contributed by atoms with E-state index in [-0.39, 0.29) is 0 Å². The molecular formula is C9H7Cl3.